The van der Waals surface area contributed by atoms with Crippen LogP contribution in [0.25, 0.3) is 6.20 Å². The molecule has 0 bridgehead atoms. The van der Waals surface area contributed by atoms with Gasteiger partial charge in [0.1, 0.15) is 0 Å². The molecule has 0 aliphatic rings. The van der Waals surface area contributed by atoms with Crippen LogP contribution in [0.4, 0.5) is 0 Å². The van der Waals surface area contributed by atoms with E-state index < -0.39 is 0 Å². The molecule has 2 aromatic rings. The van der Waals surface area contributed by atoms with Crippen molar-refractivity contribution in [2.75, 3.05) is 0 Å². The summed E-state index contributed by atoms with van der Waals surface area (Å²) in [7, 11) is 0. The molecule has 2 nitrogen and oxygen atoms in total. The Bertz CT molecular complexity index is 532. The lowest BCUT2D eigenvalue weighted by Gasteiger charge is -1.94. The Labute approximate surface area is 108 Å². The van der Waals surface area contributed by atoms with Crippen LogP contribution < -0.4 is 4.57 Å². The number of pyridine rings is 1. The lowest BCUT2D eigenvalue weighted by Crippen LogP contribution is -2.23. The summed E-state index contributed by atoms with van der Waals surface area (Å²) in [5, 5.41) is 0. The summed E-state index contributed by atoms with van der Waals surface area (Å²) >= 11 is 3.34. The fourth-order valence-electron chi connectivity index (χ4n) is 1.38. The van der Waals surface area contributed by atoms with Gasteiger partial charge in [-0.15, -0.1) is 0 Å². The summed E-state index contributed by atoms with van der Waals surface area (Å²) in [5.74, 6) is -0.00569. The third-order valence-electron chi connectivity index (χ3n) is 2.27. The fourth-order valence-corrected chi connectivity index (χ4v) is 1.64. The highest BCUT2D eigenvalue weighted by molar-refractivity contribution is 9.10. The zero-order valence-electron chi connectivity index (χ0n) is 9.08. The van der Waals surface area contributed by atoms with Gasteiger partial charge in [-0.1, -0.05) is 22.0 Å². The van der Waals surface area contributed by atoms with Gasteiger partial charge >= 0.3 is 0 Å². The fraction of sp³-hybridized carbons (Fsp3) is 0. The lowest BCUT2D eigenvalue weighted by atomic mass is 10.1. The number of carbonyl (C=O) groups is 1. The number of aromatic nitrogens is 1. The van der Waals surface area contributed by atoms with E-state index >= 15 is 0 Å². The van der Waals surface area contributed by atoms with E-state index in [2.05, 4.69) is 15.9 Å². The van der Waals surface area contributed by atoms with Gasteiger partial charge in [-0.3, -0.25) is 4.79 Å². The Morgan fingerprint density at radius 2 is 1.71 bits per heavy atom. The molecule has 0 aliphatic heterocycles. The van der Waals surface area contributed by atoms with E-state index in [9.17, 15) is 4.79 Å². The average molecular weight is 289 g/mol. The molecule has 0 aliphatic carbocycles. The molecule has 84 valence electrons. The van der Waals surface area contributed by atoms with Crippen LogP contribution in [0.15, 0.2) is 65.4 Å². The van der Waals surface area contributed by atoms with Crippen LogP contribution >= 0.6 is 15.9 Å². The van der Waals surface area contributed by atoms with Gasteiger partial charge in [-0.25, -0.2) is 0 Å². The largest absolute Gasteiger partial charge is 0.289 e. The maximum Gasteiger partial charge on any atom is 0.191 e. The smallest absolute Gasteiger partial charge is 0.191 e. The Morgan fingerprint density at radius 3 is 2.35 bits per heavy atom. The van der Waals surface area contributed by atoms with Crippen molar-refractivity contribution in [3.05, 3.63) is 71.0 Å². The third kappa shape index (κ3) is 3.36. The van der Waals surface area contributed by atoms with Gasteiger partial charge in [0.15, 0.2) is 24.4 Å². The molecule has 0 radical (unpaired) electrons. The number of benzene rings is 1. The van der Waals surface area contributed by atoms with E-state index in [0.717, 1.165) is 4.47 Å². The predicted octanol–water partition coefficient (Wildman–Crippen LogP) is 3.09. The molecule has 0 fully saturated rings. The van der Waals surface area contributed by atoms with Gasteiger partial charge in [0.05, 0.1) is 6.08 Å². The van der Waals surface area contributed by atoms with Gasteiger partial charge in [0.2, 0.25) is 0 Å². The first-order valence-corrected chi connectivity index (χ1v) is 5.99. The minimum Gasteiger partial charge on any atom is -0.289 e. The number of allylic oxidation sites excluding steroid dienone is 1. The number of hydrogen-bond donors (Lipinski definition) is 0. The summed E-state index contributed by atoms with van der Waals surface area (Å²) in [6, 6.07) is 13.1. The summed E-state index contributed by atoms with van der Waals surface area (Å²) in [4.78, 5) is 11.8. The number of rotatable bonds is 3. The Morgan fingerprint density at radius 1 is 1.06 bits per heavy atom. The average Bonchev–Trinajstić information content (AvgIpc) is 2.38. The Balaban J connectivity index is 2.12. The first kappa shape index (κ1) is 11.7. The molecule has 2 rings (SSSR count). The highest BCUT2D eigenvalue weighted by Gasteiger charge is 2.02. The molecular formula is C14H11BrNO+. The summed E-state index contributed by atoms with van der Waals surface area (Å²) in [6.07, 6.45) is 7.06. The van der Waals surface area contributed by atoms with Crippen LogP contribution in [0, 0.1) is 0 Å². The highest BCUT2D eigenvalue weighted by atomic mass is 79.9. The number of hydrogen-bond acceptors (Lipinski definition) is 1. The van der Waals surface area contributed by atoms with Crippen LogP contribution in [0.3, 0.4) is 0 Å². The Hall–Kier alpha value is -1.74. The first-order valence-electron chi connectivity index (χ1n) is 5.19. The standard InChI is InChI=1S/C14H11BrNO/c15-13-6-4-12(5-7-13)14(17)8-11-16-9-2-1-3-10-16/h1-11H/q+1. The summed E-state index contributed by atoms with van der Waals surface area (Å²) in [5.41, 5.74) is 0.681. The van der Waals surface area contributed by atoms with Crippen molar-refractivity contribution in [2.45, 2.75) is 0 Å². The second-order valence-corrected chi connectivity index (χ2v) is 4.43. The van der Waals surface area contributed by atoms with Crippen molar-refractivity contribution >= 4 is 27.9 Å². The zero-order valence-corrected chi connectivity index (χ0v) is 10.7. The molecule has 3 heteroatoms. The molecule has 1 heterocycles. The van der Waals surface area contributed by atoms with Crippen LogP contribution in [0.1, 0.15) is 10.4 Å². The maximum atomic E-state index is 11.8. The molecule has 17 heavy (non-hydrogen) atoms. The monoisotopic (exact) mass is 288 g/mol. The first-order chi connectivity index (χ1) is 8.25. The van der Waals surface area contributed by atoms with Crippen LogP contribution in [0.2, 0.25) is 0 Å². The van der Waals surface area contributed by atoms with E-state index in [1.807, 2.05) is 47.3 Å². The van der Waals surface area contributed by atoms with E-state index in [4.69, 9.17) is 0 Å². The van der Waals surface area contributed by atoms with Gasteiger partial charge in [-0.2, -0.15) is 4.57 Å². The van der Waals surface area contributed by atoms with Crippen molar-refractivity contribution < 1.29 is 9.36 Å². The molecule has 0 saturated heterocycles. The minimum atomic E-state index is -0.00569. The third-order valence-corrected chi connectivity index (χ3v) is 2.79. The van der Waals surface area contributed by atoms with Crippen LogP contribution in [-0.4, -0.2) is 5.78 Å². The number of carbonyl (C=O) groups excluding carboxylic acids is 1. The van der Waals surface area contributed by atoms with Gasteiger partial charge in [0, 0.05) is 22.2 Å². The van der Waals surface area contributed by atoms with Crippen LogP contribution in [0.5, 0.6) is 0 Å². The molecule has 0 N–H and O–H groups in total. The van der Waals surface area contributed by atoms with E-state index in [1.165, 1.54) is 0 Å². The molecular weight excluding hydrogens is 278 g/mol. The van der Waals surface area contributed by atoms with E-state index in [1.54, 1.807) is 24.4 Å². The van der Waals surface area contributed by atoms with Crippen LogP contribution in [-0.2, 0) is 0 Å². The molecule has 1 aromatic carbocycles. The van der Waals surface area contributed by atoms with Gasteiger partial charge in [0.25, 0.3) is 0 Å². The van der Waals surface area contributed by atoms with Crippen molar-refractivity contribution in [3.63, 3.8) is 0 Å². The number of ketones is 1. The quantitative estimate of drug-likeness (QED) is 0.483. The van der Waals surface area contributed by atoms with Crippen molar-refractivity contribution in [2.24, 2.45) is 0 Å². The van der Waals surface area contributed by atoms with Crippen molar-refractivity contribution in [3.8, 4) is 0 Å². The minimum absolute atomic E-state index is 0.00569. The molecule has 0 amide bonds. The second-order valence-electron chi connectivity index (χ2n) is 3.51. The molecule has 0 spiro atoms. The highest BCUT2D eigenvalue weighted by Crippen LogP contribution is 2.11. The van der Waals surface area contributed by atoms with Gasteiger partial charge < -0.3 is 0 Å². The second kappa shape index (κ2) is 5.55. The topological polar surface area (TPSA) is 20.9 Å². The maximum absolute atomic E-state index is 11.8. The number of nitrogens with zero attached hydrogens (tertiary/aromatic N) is 1. The Kier molecular flexibility index (Phi) is 3.83. The predicted molar refractivity (Wildman–Crippen MR) is 70.4 cm³/mol. The van der Waals surface area contributed by atoms with Crippen molar-refractivity contribution in [1.29, 1.82) is 0 Å². The SMILES string of the molecule is O=C(C=C[n+]1ccccc1)c1ccc(Br)cc1. The van der Waals surface area contributed by atoms with E-state index in [0.29, 0.717) is 5.56 Å². The zero-order chi connectivity index (χ0) is 12.1. The van der Waals surface area contributed by atoms with Gasteiger partial charge in [-0.05, 0) is 24.3 Å². The lowest BCUT2D eigenvalue weighted by molar-refractivity contribution is -0.568. The van der Waals surface area contributed by atoms with Crippen molar-refractivity contribution in [1.82, 2.24) is 0 Å². The summed E-state index contributed by atoms with van der Waals surface area (Å²) in [6.45, 7) is 0. The molecule has 0 atom stereocenters. The molecule has 0 unspecified atom stereocenters. The number of halogens is 1. The van der Waals surface area contributed by atoms with E-state index in [-0.39, 0.29) is 5.78 Å². The normalized spacial score (nSPS) is 10.6. The molecule has 0 saturated carbocycles. The molecule has 1 aromatic heterocycles. The summed E-state index contributed by atoms with van der Waals surface area (Å²) < 4.78 is 2.80.